The molecule has 0 saturated heterocycles. The predicted octanol–water partition coefficient (Wildman–Crippen LogP) is 6.64. The van der Waals surface area contributed by atoms with E-state index in [2.05, 4.69) is 12.2 Å². The number of halogens is 2. The van der Waals surface area contributed by atoms with Crippen molar-refractivity contribution >= 4 is 46.8 Å². The lowest BCUT2D eigenvalue weighted by atomic mass is 10.0. The van der Waals surface area contributed by atoms with E-state index in [1.54, 1.807) is 17.0 Å². The molecule has 0 spiro atoms. The van der Waals surface area contributed by atoms with Gasteiger partial charge < -0.3 is 10.2 Å². The molecule has 0 aliphatic heterocycles. The molecule has 3 aromatic carbocycles. The van der Waals surface area contributed by atoms with Crippen molar-refractivity contribution in [3.05, 3.63) is 100 Å². The van der Waals surface area contributed by atoms with E-state index in [4.69, 9.17) is 23.2 Å². The largest absolute Gasteiger partial charge is 0.354 e. The van der Waals surface area contributed by atoms with Crippen molar-refractivity contribution in [3.63, 3.8) is 0 Å². The number of rotatable bonds is 12. The number of carbonyl (C=O) groups is 2. The summed E-state index contributed by atoms with van der Waals surface area (Å²) in [7, 11) is 0. The minimum absolute atomic E-state index is 0.128. The maximum atomic E-state index is 13.6. The third kappa shape index (κ3) is 8.60. The molecular weight excluding hydrogens is 499 g/mol. The van der Waals surface area contributed by atoms with Gasteiger partial charge in [-0.15, -0.1) is 11.8 Å². The molecule has 3 aromatic rings. The summed E-state index contributed by atoms with van der Waals surface area (Å²) >= 11 is 14.0. The van der Waals surface area contributed by atoms with Crippen LogP contribution in [0.2, 0.25) is 10.0 Å². The highest BCUT2D eigenvalue weighted by atomic mass is 35.5. The molecule has 1 N–H and O–H groups in total. The molecule has 4 nitrogen and oxygen atoms in total. The Morgan fingerprint density at radius 1 is 0.971 bits per heavy atom. The van der Waals surface area contributed by atoms with Crippen LogP contribution in [0.25, 0.3) is 0 Å². The fourth-order valence-corrected chi connectivity index (χ4v) is 4.91. The zero-order chi connectivity index (χ0) is 25.0. The fraction of sp³-hybridized carbons (Fsp3) is 0.286. The maximum Gasteiger partial charge on any atom is 0.243 e. The van der Waals surface area contributed by atoms with Crippen LogP contribution in [0.15, 0.2) is 83.8 Å². The van der Waals surface area contributed by atoms with E-state index >= 15 is 0 Å². The number of thioether (sulfide) groups is 1. The third-order valence-electron chi connectivity index (χ3n) is 5.56. The standard InChI is InChI=1S/C28H30Cl2N2O2S/c1-2-3-16-31-28(34)26(17-21-10-6-4-7-11-21)32(19-22-14-15-23(29)18-25(22)30)27(33)20-35-24-12-8-5-9-13-24/h4-15,18,26H,2-3,16-17,19-20H2,1H3,(H,31,34). The Hall–Kier alpha value is -2.47. The molecule has 0 aliphatic carbocycles. The van der Waals surface area contributed by atoms with Crippen LogP contribution < -0.4 is 5.32 Å². The molecule has 184 valence electrons. The first kappa shape index (κ1) is 27.1. The van der Waals surface area contributed by atoms with Gasteiger partial charge in [0.25, 0.3) is 0 Å². The average Bonchev–Trinajstić information content (AvgIpc) is 2.87. The van der Waals surface area contributed by atoms with Gasteiger partial charge in [-0.25, -0.2) is 0 Å². The quantitative estimate of drug-likeness (QED) is 0.211. The van der Waals surface area contributed by atoms with E-state index in [9.17, 15) is 9.59 Å². The summed E-state index contributed by atoms with van der Waals surface area (Å²) in [5.41, 5.74) is 1.73. The Kier molecular flexibility index (Phi) is 11.0. The van der Waals surface area contributed by atoms with Crippen molar-refractivity contribution in [1.29, 1.82) is 0 Å². The van der Waals surface area contributed by atoms with Gasteiger partial charge in [0.1, 0.15) is 6.04 Å². The van der Waals surface area contributed by atoms with Crippen LogP contribution in [-0.2, 0) is 22.6 Å². The summed E-state index contributed by atoms with van der Waals surface area (Å²) in [5, 5.41) is 4.02. The smallest absolute Gasteiger partial charge is 0.243 e. The highest BCUT2D eigenvalue weighted by molar-refractivity contribution is 8.00. The minimum atomic E-state index is -0.676. The van der Waals surface area contributed by atoms with Gasteiger partial charge in [0, 0.05) is 34.5 Å². The zero-order valence-electron chi connectivity index (χ0n) is 19.8. The van der Waals surface area contributed by atoms with E-state index in [0.29, 0.717) is 23.0 Å². The molecule has 0 saturated carbocycles. The van der Waals surface area contributed by atoms with Crippen LogP contribution in [0, 0.1) is 0 Å². The van der Waals surface area contributed by atoms with E-state index in [-0.39, 0.29) is 24.1 Å². The Bertz CT molecular complexity index is 1100. The molecule has 0 fully saturated rings. The SMILES string of the molecule is CCCCNC(=O)C(Cc1ccccc1)N(Cc1ccc(Cl)cc1Cl)C(=O)CSc1ccccc1. The number of benzene rings is 3. The molecule has 0 aliphatic rings. The molecule has 2 amide bonds. The zero-order valence-corrected chi connectivity index (χ0v) is 22.1. The van der Waals surface area contributed by atoms with Crippen LogP contribution in [0.5, 0.6) is 0 Å². The highest BCUT2D eigenvalue weighted by Crippen LogP contribution is 2.25. The number of carbonyl (C=O) groups excluding carboxylic acids is 2. The van der Waals surface area contributed by atoms with Gasteiger partial charge in [-0.1, -0.05) is 91.1 Å². The van der Waals surface area contributed by atoms with Crippen molar-refractivity contribution in [2.75, 3.05) is 12.3 Å². The second kappa shape index (κ2) is 14.2. The molecule has 7 heteroatoms. The normalized spacial score (nSPS) is 11.6. The minimum Gasteiger partial charge on any atom is -0.354 e. The number of nitrogens with zero attached hydrogens (tertiary/aromatic N) is 1. The van der Waals surface area contributed by atoms with Gasteiger partial charge >= 0.3 is 0 Å². The highest BCUT2D eigenvalue weighted by Gasteiger charge is 2.30. The summed E-state index contributed by atoms with van der Waals surface area (Å²) in [6, 6.07) is 24.1. The van der Waals surface area contributed by atoms with Gasteiger partial charge in [-0.3, -0.25) is 9.59 Å². The van der Waals surface area contributed by atoms with Gasteiger partial charge in [-0.05, 0) is 41.8 Å². The van der Waals surface area contributed by atoms with E-state index in [1.165, 1.54) is 11.8 Å². The number of nitrogens with one attached hydrogen (secondary N) is 1. The molecule has 1 unspecified atom stereocenters. The first-order valence-electron chi connectivity index (χ1n) is 11.7. The van der Waals surface area contributed by atoms with Crippen molar-refractivity contribution < 1.29 is 9.59 Å². The van der Waals surface area contributed by atoms with Crippen molar-refractivity contribution in [1.82, 2.24) is 10.2 Å². The maximum absolute atomic E-state index is 13.6. The number of unbranched alkanes of at least 4 members (excludes halogenated alkanes) is 1. The summed E-state index contributed by atoms with van der Waals surface area (Å²) in [6.45, 7) is 2.86. The molecule has 0 aromatic heterocycles. The van der Waals surface area contributed by atoms with E-state index in [1.807, 2.05) is 66.7 Å². The van der Waals surface area contributed by atoms with Gasteiger partial charge in [0.15, 0.2) is 0 Å². The lowest BCUT2D eigenvalue weighted by molar-refractivity contribution is -0.139. The fourth-order valence-electron chi connectivity index (χ4n) is 3.64. The summed E-state index contributed by atoms with van der Waals surface area (Å²) < 4.78 is 0. The topological polar surface area (TPSA) is 49.4 Å². The van der Waals surface area contributed by atoms with Gasteiger partial charge in [0.05, 0.1) is 5.75 Å². The second-order valence-corrected chi connectivity index (χ2v) is 10.1. The van der Waals surface area contributed by atoms with Crippen molar-refractivity contribution in [3.8, 4) is 0 Å². The van der Waals surface area contributed by atoms with Gasteiger partial charge in [-0.2, -0.15) is 0 Å². The first-order valence-corrected chi connectivity index (χ1v) is 13.4. The monoisotopic (exact) mass is 528 g/mol. The summed E-state index contributed by atoms with van der Waals surface area (Å²) in [6.07, 6.45) is 2.26. The Labute approximate surface area is 222 Å². The molecular formula is C28H30Cl2N2O2S. The molecule has 35 heavy (non-hydrogen) atoms. The second-order valence-electron chi connectivity index (χ2n) is 8.21. The predicted molar refractivity (Wildman–Crippen MR) is 146 cm³/mol. The number of amides is 2. The third-order valence-corrected chi connectivity index (χ3v) is 7.15. The van der Waals surface area contributed by atoms with Crippen molar-refractivity contribution in [2.24, 2.45) is 0 Å². The van der Waals surface area contributed by atoms with E-state index in [0.717, 1.165) is 28.9 Å². The van der Waals surface area contributed by atoms with Gasteiger partial charge in [0.2, 0.25) is 11.8 Å². The first-order chi connectivity index (χ1) is 17.0. The lowest BCUT2D eigenvalue weighted by Gasteiger charge is -2.32. The van der Waals surface area contributed by atoms with Crippen molar-refractivity contribution in [2.45, 2.75) is 43.7 Å². The summed E-state index contributed by atoms with van der Waals surface area (Å²) in [4.78, 5) is 29.7. The Balaban J connectivity index is 1.91. The number of hydrogen-bond donors (Lipinski definition) is 1. The lowest BCUT2D eigenvalue weighted by Crippen LogP contribution is -2.51. The number of hydrogen-bond acceptors (Lipinski definition) is 3. The average molecular weight is 530 g/mol. The molecule has 0 radical (unpaired) electrons. The molecule has 1 atom stereocenters. The van der Waals surface area contributed by atoms with E-state index < -0.39 is 6.04 Å². The van der Waals surface area contributed by atoms with Crippen LogP contribution in [0.4, 0.5) is 0 Å². The molecule has 0 heterocycles. The Morgan fingerprint density at radius 3 is 2.31 bits per heavy atom. The molecule has 0 bridgehead atoms. The Morgan fingerprint density at radius 2 is 1.66 bits per heavy atom. The molecule has 3 rings (SSSR count). The van der Waals surface area contributed by atoms with Crippen LogP contribution >= 0.6 is 35.0 Å². The van der Waals surface area contributed by atoms with Crippen LogP contribution in [0.3, 0.4) is 0 Å². The van der Waals surface area contributed by atoms with Crippen LogP contribution in [-0.4, -0.2) is 35.1 Å². The van der Waals surface area contributed by atoms with Crippen LogP contribution in [0.1, 0.15) is 30.9 Å². The summed E-state index contributed by atoms with van der Waals surface area (Å²) in [5.74, 6) is -0.0789.